The molecule has 1 saturated heterocycles. The van der Waals surface area contributed by atoms with Gasteiger partial charge in [-0.1, -0.05) is 29.3 Å². The molecule has 1 aromatic carbocycles. The number of carbonyl (C=O) groups excluding carboxylic acids is 2. The summed E-state index contributed by atoms with van der Waals surface area (Å²) in [5, 5.41) is 0.518. The topological polar surface area (TPSA) is 59.8 Å². The van der Waals surface area contributed by atoms with Crippen LogP contribution in [-0.4, -0.2) is 28.6 Å². The molecule has 0 saturated carbocycles. The Balaban J connectivity index is 1.72. The van der Waals surface area contributed by atoms with Gasteiger partial charge in [0.2, 0.25) is 5.91 Å². The van der Waals surface area contributed by atoms with Gasteiger partial charge in [0.25, 0.3) is 0 Å². The Morgan fingerprint density at radius 1 is 1.28 bits per heavy atom. The molecule has 1 amide bonds. The van der Waals surface area contributed by atoms with E-state index < -0.39 is 12.0 Å². The minimum absolute atomic E-state index is 0.0460. The van der Waals surface area contributed by atoms with Gasteiger partial charge in [-0.25, -0.2) is 4.79 Å². The molecular formula is C17H15Cl2NO4S. The largest absolute Gasteiger partial charge is 0.466 e. The van der Waals surface area contributed by atoms with Gasteiger partial charge in [-0.2, -0.15) is 0 Å². The van der Waals surface area contributed by atoms with Crippen molar-refractivity contribution in [2.45, 2.75) is 24.9 Å². The van der Waals surface area contributed by atoms with Crippen molar-refractivity contribution in [2.24, 2.45) is 0 Å². The lowest BCUT2D eigenvalue weighted by Crippen LogP contribution is -2.42. The van der Waals surface area contributed by atoms with E-state index >= 15 is 0 Å². The van der Waals surface area contributed by atoms with Gasteiger partial charge in [0.05, 0.1) is 6.26 Å². The fourth-order valence-corrected chi connectivity index (χ4v) is 4.56. The van der Waals surface area contributed by atoms with E-state index in [9.17, 15) is 9.59 Å². The molecule has 2 aromatic rings. The van der Waals surface area contributed by atoms with Crippen LogP contribution < -0.4 is 0 Å². The summed E-state index contributed by atoms with van der Waals surface area (Å²) in [4.78, 5) is 26.1. The number of hydrogen-bond donors (Lipinski definition) is 0. The summed E-state index contributed by atoms with van der Waals surface area (Å²) in [6.07, 6.45) is 1.54. The van der Waals surface area contributed by atoms with E-state index in [4.69, 9.17) is 32.4 Å². The SMILES string of the molecule is CC(=O)N1[C@@H](c2ccco2)SC[C@H]1C(=O)OCc1c(Cl)cccc1Cl. The number of carbonyl (C=O) groups is 2. The highest BCUT2D eigenvalue weighted by Gasteiger charge is 2.43. The average molecular weight is 400 g/mol. The lowest BCUT2D eigenvalue weighted by Gasteiger charge is -2.25. The number of ether oxygens (including phenoxy) is 1. The van der Waals surface area contributed by atoms with Gasteiger partial charge in [0.15, 0.2) is 0 Å². The Hall–Kier alpha value is -1.63. The second-order valence-electron chi connectivity index (χ2n) is 5.45. The van der Waals surface area contributed by atoms with Crippen LogP contribution in [0.15, 0.2) is 41.0 Å². The first-order chi connectivity index (χ1) is 12.0. The molecular weight excluding hydrogens is 385 g/mol. The Kier molecular flexibility index (Phi) is 5.61. The molecule has 1 aliphatic heterocycles. The number of benzene rings is 1. The first-order valence-corrected chi connectivity index (χ1v) is 9.33. The van der Waals surface area contributed by atoms with Crippen LogP contribution in [0.4, 0.5) is 0 Å². The first-order valence-electron chi connectivity index (χ1n) is 7.52. The van der Waals surface area contributed by atoms with Crippen molar-refractivity contribution in [3.05, 3.63) is 58.0 Å². The molecule has 0 N–H and O–H groups in total. The molecule has 132 valence electrons. The van der Waals surface area contributed by atoms with Crippen molar-refractivity contribution in [1.29, 1.82) is 0 Å². The zero-order valence-electron chi connectivity index (χ0n) is 13.3. The van der Waals surface area contributed by atoms with Crippen molar-refractivity contribution in [2.75, 3.05) is 5.75 Å². The Morgan fingerprint density at radius 2 is 2.00 bits per heavy atom. The van der Waals surface area contributed by atoms with Crippen molar-refractivity contribution in [3.8, 4) is 0 Å². The number of rotatable bonds is 4. The molecule has 0 aliphatic carbocycles. The van der Waals surface area contributed by atoms with Crippen molar-refractivity contribution < 1.29 is 18.7 Å². The lowest BCUT2D eigenvalue weighted by atomic mass is 10.2. The van der Waals surface area contributed by atoms with Crippen molar-refractivity contribution in [1.82, 2.24) is 4.90 Å². The molecule has 5 nitrogen and oxygen atoms in total. The third-order valence-corrected chi connectivity index (χ3v) is 5.83. The number of esters is 1. The molecule has 1 aliphatic rings. The summed E-state index contributed by atoms with van der Waals surface area (Å²) in [5.41, 5.74) is 0.543. The highest BCUT2D eigenvalue weighted by atomic mass is 35.5. The summed E-state index contributed by atoms with van der Waals surface area (Å²) in [7, 11) is 0. The summed E-state index contributed by atoms with van der Waals surface area (Å²) in [6.45, 7) is 1.38. The highest BCUT2D eigenvalue weighted by molar-refractivity contribution is 7.99. The van der Waals surface area contributed by atoms with Gasteiger partial charge in [-0.15, -0.1) is 11.8 Å². The van der Waals surface area contributed by atoms with Crippen molar-refractivity contribution >= 4 is 46.8 Å². The van der Waals surface area contributed by atoms with Crippen LogP contribution in [0, 0.1) is 0 Å². The molecule has 8 heteroatoms. The molecule has 3 rings (SSSR count). The summed E-state index contributed by atoms with van der Waals surface area (Å²) in [5.74, 6) is 0.349. The molecule has 1 fully saturated rings. The summed E-state index contributed by atoms with van der Waals surface area (Å²) < 4.78 is 10.8. The maximum Gasteiger partial charge on any atom is 0.330 e. The normalized spacial score (nSPS) is 19.9. The van der Waals surface area contributed by atoms with Gasteiger partial charge in [0.1, 0.15) is 23.8 Å². The minimum Gasteiger partial charge on any atom is -0.466 e. The van der Waals surface area contributed by atoms with Crippen LogP contribution in [0.1, 0.15) is 23.6 Å². The van der Waals surface area contributed by atoms with Gasteiger partial charge in [0, 0.05) is 28.3 Å². The van der Waals surface area contributed by atoms with Crippen LogP contribution in [-0.2, 0) is 20.9 Å². The van der Waals surface area contributed by atoms with E-state index in [1.807, 2.05) is 0 Å². The molecule has 0 bridgehead atoms. The lowest BCUT2D eigenvalue weighted by molar-refractivity contribution is -0.154. The van der Waals surface area contributed by atoms with E-state index in [1.54, 1.807) is 36.6 Å². The maximum atomic E-state index is 12.5. The standard InChI is InChI=1S/C17H15Cl2NO4S/c1-10(21)20-14(9-25-16(20)15-6-3-7-23-15)17(22)24-8-11-12(18)4-2-5-13(11)19/h2-7,14,16H,8-9H2,1H3/t14-,16+/m0/s1. The van der Waals surface area contributed by atoms with Gasteiger partial charge in [-0.05, 0) is 24.3 Å². The van der Waals surface area contributed by atoms with Crippen LogP contribution in [0.2, 0.25) is 10.0 Å². The van der Waals surface area contributed by atoms with E-state index in [2.05, 4.69) is 0 Å². The molecule has 0 radical (unpaired) electrons. The number of halogens is 2. The van der Waals surface area contributed by atoms with E-state index in [-0.39, 0.29) is 17.9 Å². The molecule has 2 heterocycles. The third-order valence-electron chi connectivity index (χ3n) is 3.84. The Bertz CT molecular complexity index is 761. The molecule has 2 atom stereocenters. The number of thioether (sulfide) groups is 1. The first kappa shape index (κ1) is 18.2. The zero-order chi connectivity index (χ0) is 18.0. The van der Waals surface area contributed by atoms with Crippen LogP contribution in [0.3, 0.4) is 0 Å². The second kappa shape index (κ2) is 7.72. The second-order valence-corrected chi connectivity index (χ2v) is 7.38. The number of furan rings is 1. The maximum absolute atomic E-state index is 12.5. The fraction of sp³-hybridized carbons (Fsp3) is 0.294. The number of nitrogens with zero attached hydrogens (tertiary/aromatic N) is 1. The Morgan fingerprint density at radius 3 is 2.60 bits per heavy atom. The van der Waals surface area contributed by atoms with Crippen molar-refractivity contribution in [3.63, 3.8) is 0 Å². The fourth-order valence-electron chi connectivity index (χ4n) is 2.63. The quantitative estimate of drug-likeness (QED) is 0.717. The van der Waals surface area contributed by atoms with Gasteiger partial charge in [-0.3, -0.25) is 4.79 Å². The predicted molar refractivity (Wildman–Crippen MR) is 96.5 cm³/mol. The van der Waals surface area contributed by atoms with E-state index in [1.165, 1.54) is 23.6 Å². The summed E-state index contributed by atoms with van der Waals surface area (Å²) in [6, 6.07) is 7.92. The molecule has 0 unspecified atom stereocenters. The zero-order valence-corrected chi connectivity index (χ0v) is 15.6. The van der Waals surface area contributed by atoms with Crippen LogP contribution in [0.5, 0.6) is 0 Å². The van der Waals surface area contributed by atoms with E-state index in [0.717, 1.165) is 0 Å². The molecule has 0 spiro atoms. The minimum atomic E-state index is -0.682. The van der Waals surface area contributed by atoms with E-state index in [0.29, 0.717) is 27.1 Å². The molecule has 25 heavy (non-hydrogen) atoms. The van der Waals surface area contributed by atoms with Gasteiger partial charge < -0.3 is 14.1 Å². The number of amides is 1. The summed E-state index contributed by atoms with van der Waals surface area (Å²) >= 11 is 13.6. The predicted octanol–water partition coefficient (Wildman–Crippen LogP) is 4.29. The third kappa shape index (κ3) is 3.81. The number of hydrogen-bond acceptors (Lipinski definition) is 5. The van der Waals surface area contributed by atoms with Crippen LogP contribution >= 0.6 is 35.0 Å². The smallest absolute Gasteiger partial charge is 0.330 e. The van der Waals surface area contributed by atoms with Crippen LogP contribution in [0.25, 0.3) is 0 Å². The van der Waals surface area contributed by atoms with Gasteiger partial charge >= 0.3 is 5.97 Å². The monoisotopic (exact) mass is 399 g/mol. The highest BCUT2D eigenvalue weighted by Crippen LogP contribution is 2.42. The average Bonchev–Trinajstić information content (AvgIpc) is 3.23. The Labute approximate surface area is 159 Å². The molecule has 1 aromatic heterocycles.